The maximum absolute atomic E-state index is 12.5. The van der Waals surface area contributed by atoms with E-state index in [4.69, 9.17) is 17.3 Å². The Morgan fingerprint density at radius 3 is 2.57 bits per heavy atom. The monoisotopic (exact) mass is 309 g/mol. The lowest BCUT2D eigenvalue weighted by Gasteiger charge is -2.26. The molecule has 1 aromatic carbocycles. The van der Waals surface area contributed by atoms with Crippen molar-refractivity contribution >= 4 is 29.1 Å². The van der Waals surface area contributed by atoms with Crippen LogP contribution in [-0.2, 0) is 4.79 Å². The van der Waals surface area contributed by atoms with Gasteiger partial charge in [-0.05, 0) is 31.0 Å². The second-order valence-corrected chi connectivity index (χ2v) is 5.83. The lowest BCUT2D eigenvalue weighted by Crippen LogP contribution is -2.40. The summed E-state index contributed by atoms with van der Waals surface area (Å²) in [4.78, 5) is 24.2. The van der Waals surface area contributed by atoms with Crippen LogP contribution in [0.25, 0.3) is 0 Å². The minimum absolute atomic E-state index is 0.113. The van der Waals surface area contributed by atoms with Crippen LogP contribution in [0.3, 0.4) is 0 Å². The summed E-state index contributed by atoms with van der Waals surface area (Å²) in [6, 6.07) is 4.80. The number of nitrogens with one attached hydrogen (secondary N) is 2. The van der Waals surface area contributed by atoms with Crippen LogP contribution in [0.15, 0.2) is 18.2 Å². The van der Waals surface area contributed by atoms with Gasteiger partial charge in [0.25, 0.3) is 5.91 Å². The van der Waals surface area contributed by atoms with E-state index in [1.807, 2.05) is 0 Å². The van der Waals surface area contributed by atoms with Crippen molar-refractivity contribution in [3.05, 3.63) is 28.8 Å². The Kier molecular flexibility index (Phi) is 4.85. The molecule has 6 heteroatoms. The molecule has 0 aliphatic heterocycles. The molecule has 0 bridgehead atoms. The van der Waals surface area contributed by atoms with E-state index in [1.54, 1.807) is 25.2 Å². The third kappa shape index (κ3) is 3.19. The smallest absolute Gasteiger partial charge is 0.251 e. The highest BCUT2D eigenvalue weighted by atomic mass is 35.5. The van der Waals surface area contributed by atoms with Gasteiger partial charge in [0.2, 0.25) is 5.91 Å². The van der Waals surface area contributed by atoms with Gasteiger partial charge in [0, 0.05) is 19.2 Å². The van der Waals surface area contributed by atoms with Crippen LogP contribution in [0.1, 0.15) is 36.0 Å². The van der Waals surface area contributed by atoms with Crippen LogP contribution in [-0.4, -0.2) is 25.4 Å². The minimum Gasteiger partial charge on any atom is -0.355 e. The summed E-state index contributed by atoms with van der Waals surface area (Å²) < 4.78 is 0. The lowest BCUT2D eigenvalue weighted by atomic mass is 9.85. The molecule has 1 aliphatic rings. The molecular formula is C15H20ClN3O2. The molecule has 2 amide bonds. The third-order valence-electron chi connectivity index (χ3n) is 4.14. The molecule has 0 saturated heterocycles. The Morgan fingerprint density at radius 1 is 1.33 bits per heavy atom. The van der Waals surface area contributed by atoms with Crippen LogP contribution < -0.4 is 16.4 Å². The summed E-state index contributed by atoms with van der Waals surface area (Å²) in [7, 11) is 1.55. The van der Waals surface area contributed by atoms with Gasteiger partial charge in [-0.1, -0.05) is 24.4 Å². The van der Waals surface area contributed by atoms with Crippen molar-refractivity contribution in [1.29, 1.82) is 0 Å². The SMILES string of the molecule is CNC(=O)c1ccc(Cl)c(NC(=O)C2(CN)CCCC2)c1. The fraction of sp³-hybridized carbons (Fsp3) is 0.467. The van der Waals surface area contributed by atoms with Gasteiger partial charge in [0.05, 0.1) is 16.1 Å². The van der Waals surface area contributed by atoms with Gasteiger partial charge >= 0.3 is 0 Å². The molecule has 0 spiro atoms. The molecule has 1 fully saturated rings. The standard InChI is InChI=1S/C15H20ClN3O2/c1-18-13(20)10-4-5-11(16)12(8-10)19-14(21)15(9-17)6-2-3-7-15/h4-5,8H,2-3,6-7,9,17H2,1H3,(H,18,20)(H,19,21). The molecule has 0 aromatic heterocycles. The van der Waals surface area contributed by atoms with Gasteiger partial charge in [-0.15, -0.1) is 0 Å². The average Bonchev–Trinajstić information content (AvgIpc) is 2.98. The number of carbonyl (C=O) groups excluding carboxylic acids is 2. The Morgan fingerprint density at radius 2 is 2.00 bits per heavy atom. The number of halogens is 1. The summed E-state index contributed by atoms with van der Waals surface area (Å²) in [5.74, 6) is -0.338. The number of anilines is 1. The number of hydrogen-bond acceptors (Lipinski definition) is 3. The first-order valence-electron chi connectivity index (χ1n) is 7.05. The highest BCUT2D eigenvalue weighted by molar-refractivity contribution is 6.34. The van der Waals surface area contributed by atoms with E-state index < -0.39 is 5.41 Å². The summed E-state index contributed by atoms with van der Waals surface area (Å²) in [5, 5.41) is 5.78. The largest absolute Gasteiger partial charge is 0.355 e. The van der Waals surface area contributed by atoms with Crippen molar-refractivity contribution in [1.82, 2.24) is 5.32 Å². The molecule has 5 nitrogen and oxygen atoms in total. The first-order valence-corrected chi connectivity index (χ1v) is 7.43. The van der Waals surface area contributed by atoms with E-state index in [0.29, 0.717) is 22.8 Å². The molecule has 4 N–H and O–H groups in total. The molecule has 0 radical (unpaired) electrons. The van der Waals surface area contributed by atoms with Crippen LogP contribution in [0.5, 0.6) is 0 Å². The molecule has 1 aliphatic carbocycles. The van der Waals surface area contributed by atoms with Gasteiger partial charge in [-0.2, -0.15) is 0 Å². The van der Waals surface area contributed by atoms with E-state index >= 15 is 0 Å². The van der Waals surface area contributed by atoms with Crippen LogP contribution in [0.4, 0.5) is 5.69 Å². The zero-order valence-corrected chi connectivity index (χ0v) is 12.8. The predicted octanol–water partition coefficient (Wildman–Crippen LogP) is 2.16. The first-order chi connectivity index (χ1) is 10.0. The number of amides is 2. The van der Waals surface area contributed by atoms with E-state index in [9.17, 15) is 9.59 Å². The molecule has 0 unspecified atom stereocenters. The first kappa shape index (κ1) is 15.8. The molecular weight excluding hydrogens is 290 g/mol. The summed E-state index contributed by atoms with van der Waals surface area (Å²) >= 11 is 6.11. The molecule has 2 rings (SSSR count). The van der Waals surface area contributed by atoms with Gasteiger partial charge in [0.15, 0.2) is 0 Å². The van der Waals surface area contributed by atoms with Crippen LogP contribution in [0.2, 0.25) is 5.02 Å². The minimum atomic E-state index is -0.508. The Balaban J connectivity index is 2.22. The molecule has 1 aromatic rings. The summed E-state index contributed by atoms with van der Waals surface area (Å²) in [5.41, 5.74) is 6.19. The maximum Gasteiger partial charge on any atom is 0.251 e. The van der Waals surface area contributed by atoms with E-state index in [1.165, 1.54) is 0 Å². The molecule has 21 heavy (non-hydrogen) atoms. The van der Waals surface area contributed by atoms with Gasteiger partial charge in [0.1, 0.15) is 0 Å². The zero-order valence-electron chi connectivity index (χ0n) is 12.0. The fourth-order valence-corrected chi connectivity index (χ4v) is 2.90. The van der Waals surface area contributed by atoms with Crippen molar-refractivity contribution < 1.29 is 9.59 Å². The van der Waals surface area contributed by atoms with Crippen molar-refractivity contribution in [3.8, 4) is 0 Å². The third-order valence-corrected chi connectivity index (χ3v) is 4.47. The van der Waals surface area contributed by atoms with Crippen LogP contribution >= 0.6 is 11.6 Å². The molecule has 114 valence electrons. The van der Waals surface area contributed by atoms with E-state index in [2.05, 4.69) is 10.6 Å². The van der Waals surface area contributed by atoms with Crippen molar-refractivity contribution in [2.45, 2.75) is 25.7 Å². The van der Waals surface area contributed by atoms with Gasteiger partial charge in [-0.25, -0.2) is 0 Å². The van der Waals surface area contributed by atoms with E-state index in [0.717, 1.165) is 25.7 Å². The van der Waals surface area contributed by atoms with Crippen molar-refractivity contribution in [3.63, 3.8) is 0 Å². The zero-order chi connectivity index (χ0) is 15.5. The lowest BCUT2D eigenvalue weighted by molar-refractivity contribution is -0.124. The maximum atomic E-state index is 12.5. The fourth-order valence-electron chi connectivity index (χ4n) is 2.74. The van der Waals surface area contributed by atoms with Crippen LogP contribution in [0, 0.1) is 5.41 Å². The number of carbonyl (C=O) groups is 2. The quantitative estimate of drug-likeness (QED) is 0.797. The Labute approximate surface area is 129 Å². The van der Waals surface area contributed by atoms with E-state index in [-0.39, 0.29) is 11.8 Å². The van der Waals surface area contributed by atoms with Gasteiger partial charge in [-0.3, -0.25) is 9.59 Å². The van der Waals surface area contributed by atoms with Gasteiger partial charge < -0.3 is 16.4 Å². The number of hydrogen-bond donors (Lipinski definition) is 3. The number of rotatable bonds is 4. The average molecular weight is 310 g/mol. The molecule has 1 saturated carbocycles. The highest BCUT2D eigenvalue weighted by Gasteiger charge is 2.40. The summed E-state index contributed by atoms with van der Waals surface area (Å²) in [6.45, 7) is 0.325. The Hall–Kier alpha value is -1.59. The van der Waals surface area contributed by atoms with Crippen molar-refractivity contribution in [2.24, 2.45) is 11.1 Å². The predicted molar refractivity (Wildman–Crippen MR) is 83.4 cm³/mol. The highest BCUT2D eigenvalue weighted by Crippen LogP contribution is 2.38. The molecule has 0 atom stereocenters. The van der Waals surface area contributed by atoms with Crippen molar-refractivity contribution in [2.75, 3.05) is 18.9 Å². The topological polar surface area (TPSA) is 84.2 Å². The normalized spacial score (nSPS) is 16.5. The summed E-state index contributed by atoms with van der Waals surface area (Å²) in [6.07, 6.45) is 3.61. The Bertz CT molecular complexity index is 554. The second-order valence-electron chi connectivity index (χ2n) is 5.42. The second kappa shape index (κ2) is 6.45. The number of nitrogens with two attached hydrogens (primary N) is 1. The molecule has 0 heterocycles. The number of benzene rings is 1.